The van der Waals surface area contributed by atoms with Crippen molar-refractivity contribution in [2.75, 3.05) is 14.2 Å². The van der Waals surface area contributed by atoms with Crippen LogP contribution in [-0.4, -0.2) is 28.5 Å². The first kappa shape index (κ1) is 23.2. The quantitative estimate of drug-likeness (QED) is 0.256. The molecular formula is C24H19ClN4O4S. The highest BCUT2D eigenvalue weighted by Gasteiger charge is 2.22. The van der Waals surface area contributed by atoms with E-state index in [0.717, 1.165) is 0 Å². The minimum Gasteiger partial charge on any atom is -0.495 e. The summed E-state index contributed by atoms with van der Waals surface area (Å²) in [6.45, 7) is 0. The first-order chi connectivity index (χ1) is 16.5. The Bertz CT molecular complexity index is 1500. The number of nitrogens with zero attached hydrogens (tertiary/aromatic N) is 4. The lowest BCUT2D eigenvalue weighted by Gasteiger charge is -2.18. The van der Waals surface area contributed by atoms with Crippen LogP contribution in [0.2, 0.25) is 5.02 Å². The molecule has 0 aliphatic heterocycles. The lowest BCUT2D eigenvalue weighted by molar-refractivity contribution is 0.400. The summed E-state index contributed by atoms with van der Waals surface area (Å²) >= 11 is 11.6. The summed E-state index contributed by atoms with van der Waals surface area (Å²) in [7, 11) is 2.99. The van der Waals surface area contributed by atoms with Gasteiger partial charge in [0.05, 0.1) is 31.3 Å². The van der Waals surface area contributed by atoms with Crippen LogP contribution in [0.15, 0.2) is 87.8 Å². The zero-order valence-corrected chi connectivity index (χ0v) is 19.7. The van der Waals surface area contributed by atoms with Crippen LogP contribution in [0.1, 0.15) is 0 Å². The molecule has 0 bridgehead atoms. The summed E-state index contributed by atoms with van der Waals surface area (Å²) in [6.07, 6.45) is 0. The molecular weight excluding hydrogens is 476 g/mol. The van der Waals surface area contributed by atoms with Crippen LogP contribution >= 0.6 is 23.8 Å². The Balaban J connectivity index is 2.06. The van der Waals surface area contributed by atoms with Crippen molar-refractivity contribution in [2.45, 2.75) is 0 Å². The number of methoxy groups -OCH3 is 2. The fraction of sp³-hybridized carbons (Fsp3) is 0.0833. The highest BCUT2D eigenvalue weighted by atomic mass is 35.5. The molecule has 1 aromatic heterocycles. The van der Waals surface area contributed by atoms with E-state index in [0.29, 0.717) is 33.6 Å². The van der Waals surface area contributed by atoms with Gasteiger partial charge in [-0.15, -0.1) is 5.11 Å². The van der Waals surface area contributed by atoms with E-state index in [1.807, 2.05) is 0 Å². The molecule has 1 N–H and O–H groups in total. The minimum atomic E-state index is -0.670. The molecule has 0 aliphatic rings. The third-order valence-electron chi connectivity index (χ3n) is 4.96. The lowest BCUT2D eigenvalue weighted by atomic mass is 10.2. The van der Waals surface area contributed by atoms with Gasteiger partial charge in [0.25, 0.3) is 5.56 Å². The van der Waals surface area contributed by atoms with Gasteiger partial charge < -0.3 is 14.6 Å². The Hall–Kier alpha value is -3.95. The smallest absolute Gasteiger partial charge is 0.290 e. The maximum absolute atomic E-state index is 13.6. The number of hydrogen-bond acceptors (Lipinski definition) is 7. The molecule has 4 aromatic rings. The van der Waals surface area contributed by atoms with Gasteiger partial charge in [0.2, 0.25) is 11.6 Å². The fourth-order valence-corrected chi connectivity index (χ4v) is 3.84. The van der Waals surface area contributed by atoms with Crippen molar-refractivity contribution in [2.24, 2.45) is 10.2 Å². The number of ether oxygens (including phenoxy) is 2. The molecule has 0 saturated heterocycles. The van der Waals surface area contributed by atoms with Crippen LogP contribution in [0.4, 0.5) is 11.4 Å². The normalized spacial score (nSPS) is 11.0. The second-order valence-corrected chi connectivity index (χ2v) is 7.75. The number of azo groups is 1. The maximum Gasteiger partial charge on any atom is 0.290 e. The SMILES string of the molecule is COc1ccccc1-n1c(O)c(N=Nc2ccc(Cl)cc2)c(=O)n(-c2ccccc2OC)c1=S. The molecule has 34 heavy (non-hydrogen) atoms. The number of para-hydroxylation sites is 4. The van der Waals surface area contributed by atoms with Crippen LogP contribution in [0, 0.1) is 4.77 Å². The highest BCUT2D eigenvalue weighted by Crippen LogP contribution is 2.34. The van der Waals surface area contributed by atoms with E-state index in [1.165, 1.54) is 23.4 Å². The zero-order valence-electron chi connectivity index (χ0n) is 18.2. The Morgan fingerprint density at radius 1 is 0.824 bits per heavy atom. The second-order valence-electron chi connectivity index (χ2n) is 6.95. The van der Waals surface area contributed by atoms with Crippen molar-refractivity contribution in [1.82, 2.24) is 9.13 Å². The summed E-state index contributed by atoms with van der Waals surface area (Å²) in [5.41, 5.74) is 0.250. The Morgan fingerprint density at radius 2 is 1.35 bits per heavy atom. The molecule has 172 valence electrons. The average Bonchev–Trinajstić information content (AvgIpc) is 2.85. The summed E-state index contributed by atoms with van der Waals surface area (Å²) in [5.74, 6) is 0.358. The van der Waals surface area contributed by atoms with E-state index in [4.69, 9.17) is 33.3 Å². The van der Waals surface area contributed by atoms with Gasteiger partial charge in [-0.05, 0) is 60.7 Å². The van der Waals surface area contributed by atoms with Crippen molar-refractivity contribution in [3.05, 3.63) is 92.9 Å². The Kier molecular flexibility index (Phi) is 6.76. The number of aromatic hydroxyl groups is 1. The van der Waals surface area contributed by atoms with E-state index in [9.17, 15) is 9.90 Å². The molecule has 0 radical (unpaired) electrons. The van der Waals surface area contributed by atoms with Crippen LogP contribution < -0.4 is 15.0 Å². The van der Waals surface area contributed by atoms with E-state index in [1.54, 1.807) is 72.8 Å². The first-order valence-corrected chi connectivity index (χ1v) is 10.8. The van der Waals surface area contributed by atoms with E-state index >= 15 is 0 Å². The van der Waals surface area contributed by atoms with E-state index in [2.05, 4.69) is 10.2 Å². The minimum absolute atomic E-state index is 0.0121. The molecule has 0 atom stereocenters. The summed E-state index contributed by atoms with van der Waals surface area (Å²) in [5, 5.41) is 19.9. The molecule has 0 unspecified atom stereocenters. The molecule has 10 heteroatoms. The Morgan fingerprint density at radius 3 is 1.91 bits per heavy atom. The first-order valence-electron chi connectivity index (χ1n) is 10.0. The van der Waals surface area contributed by atoms with Gasteiger partial charge in [-0.2, -0.15) is 5.11 Å². The molecule has 0 amide bonds. The summed E-state index contributed by atoms with van der Waals surface area (Å²) in [6, 6.07) is 20.4. The van der Waals surface area contributed by atoms with Crippen LogP contribution in [-0.2, 0) is 0 Å². The largest absolute Gasteiger partial charge is 0.495 e. The summed E-state index contributed by atoms with van der Waals surface area (Å²) in [4.78, 5) is 13.6. The third-order valence-corrected chi connectivity index (χ3v) is 5.57. The molecule has 0 saturated carbocycles. The van der Waals surface area contributed by atoms with Crippen molar-refractivity contribution < 1.29 is 14.6 Å². The van der Waals surface area contributed by atoms with E-state index in [-0.39, 0.29) is 10.5 Å². The van der Waals surface area contributed by atoms with Crippen molar-refractivity contribution in [1.29, 1.82) is 0 Å². The third kappa shape index (κ3) is 4.30. The molecule has 3 aromatic carbocycles. The van der Waals surface area contributed by atoms with Gasteiger partial charge >= 0.3 is 0 Å². The van der Waals surface area contributed by atoms with Gasteiger partial charge in [-0.25, -0.2) is 4.57 Å². The number of aromatic nitrogens is 2. The highest BCUT2D eigenvalue weighted by molar-refractivity contribution is 7.71. The lowest BCUT2D eigenvalue weighted by Crippen LogP contribution is -2.23. The monoisotopic (exact) mass is 494 g/mol. The average molecular weight is 495 g/mol. The topological polar surface area (TPSA) is 90.3 Å². The van der Waals surface area contributed by atoms with Gasteiger partial charge in [0.15, 0.2) is 4.77 Å². The zero-order chi connectivity index (χ0) is 24.2. The van der Waals surface area contributed by atoms with Gasteiger partial charge in [0, 0.05) is 5.02 Å². The fourth-order valence-electron chi connectivity index (χ4n) is 3.35. The predicted octanol–water partition coefficient (Wildman–Crippen LogP) is 6.15. The molecule has 8 nitrogen and oxygen atoms in total. The number of halogens is 1. The maximum atomic E-state index is 13.6. The van der Waals surface area contributed by atoms with Crippen LogP contribution in [0.25, 0.3) is 11.4 Å². The van der Waals surface area contributed by atoms with E-state index < -0.39 is 11.4 Å². The van der Waals surface area contributed by atoms with Gasteiger partial charge in [0.1, 0.15) is 11.5 Å². The number of rotatable bonds is 6. The predicted molar refractivity (Wildman–Crippen MR) is 133 cm³/mol. The second kappa shape index (κ2) is 9.90. The number of benzene rings is 3. The van der Waals surface area contributed by atoms with Crippen LogP contribution in [0.3, 0.4) is 0 Å². The van der Waals surface area contributed by atoms with Crippen molar-refractivity contribution in [3.8, 4) is 28.8 Å². The van der Waals surface area contributed by atoms with Crippen molar-refractivity contribution in [3.63, 3.8) is 0 Å². The molecule has 0 aliphatic carbocycles. The Labute approximate surface area is 204 Å². The van der Waals surface area contributed by atoms with Crippen molar-refractivity contribution >= 4 is 35.2 Å². The molecule has 0 fully saturated rings. The molecule has 0 spiro atoms. The molecule has 1 heterocycles. The van der Waals surface area contributed by atoms with Gasteiger partial charge in [-0.1, -0.05) is 35.9 Å². The number of hydrogen-bond donors (Lipinski definition) is 1. The standard InChI is InChI=1S/C24H19ClN4O4S/c1-32-19-9-5-3-7-17(19)28-22(30)21(27-26-16-13-11-15(25)12-14-16)23(31)29(24(28)34)18-8-4-6-10-20(18)33-2/h3-14,30H,1-2H3. The van der Waals surface area contributed by atoms with Gasteiger partial charge in [-0.3, -0.25) is 9.36 Å². The summed E-state index contributed by atoms with van der Waals surface area (Å²) < 4.78 is 13.4. The van der Waals surface area contributed by atoms with Crippen LogP contribution in [0.5, 0.6) is 17.4 Å². The molecule has 4 rings (SSSR count).